The number of rotatable bonds is 5. The molecule has 0 unspecified atom stereocenters. The Bertz CT molecular complexity index is 1320. The number of para-hydroxylation sites is 1. The number of hydrogen-bond donors (Lipinski definition) is 1. The first kappa shape index (κ1) is 20.6. The van der Waals surface area contributed by atoms with Crippen molar-refractivity contribution in [3.8, 4) is 17.2 Å². The molecule has 1 aromatic heterocycles. The van der Waals surface area contributed by atoms with Crippen molar-refractivity contribution < 1.29 is 13.9 Å². The lowest BCUT2D eigenvalue weighted by Crippen LogP contribution is -2.20. The molecule has 1 heterocycles. The molecule has 0 bridgehead atoms. The fraction of sp³-hybridized carbons (Fsp3) is 0.125. The van der Waals surface area contributed by atoms with Crippen molar-refractivity contribution >= 4 is 34.1 Å². The van der Waals surface area contributed by atoms with Crippen molar-refractivity contribution in [1.82, 2.24) is 4.98 Å². The average Bonchev–Trinajstić information content (AvgIpc) is 2.76. The molecule has 0 spiro atoms. The van der Waals surface area contributed by atoms with E-state index in [4.69, 9.17) is 20.8 Å². The Morgan fingerprint density at radius 1 is 1.06 bits per heavy atom. The Morgan fingerprint density at radius 3 is 2.58 bits per heavy atom. The smallest absolute Gasteiger partial charge is 0.347 e. The number of ether oxygens (including phenoxy) is 1. The molecule has 1 N–H and O–H groups in total. The number of aromatic nitrogens is 1. The van der Waals surface area contributed by atoms with Gasteiger partial charge in [0.2, 0.25) is 5.89 Å². The quantitative estimate of drug-likeness (QED) is 0.470. The summed E-state index contributed by atoms with van der Waals surface area (Å²) in [5.74, 6) is 0.434. The zero-order valence-corrected chi connectivity index (χ0v) is 17.7. The Morgan fingerprint density at radius 2 is 1.81 bits per heavy atom. The standard InChI is InChI=1S/C24H19ClN2O4/c1-14-10-18(11-15(2)22(14)25)30-13-21(28)26-17-7-5-6-16(12-17)23-27-20-9-4-3-8-19(20)24(29)31-23/h3-12H,13H2,1-2H3,(H,26,28). The van der Waals surface area contributed by atoms with E-state index in [1.807, 2.05) is 13.8 Å². The number of carbonyl (C=O) groups excluding carboxylic acids is 1. The van der Waals surface area contributed by atoms with Gasteiger partial charge in [-0.3, -0.25) is 4.79 Å². The number of halogens is 1. The molecule has 1 amide bonds. The number of aryl methyl sites for hydroxylation is 2. The molecule has 7 heteroatoms. The van der Waals surface area contributed by atoms with Crippen LogP contribution in [0.3, 0.4) is 0 Å². The summed E-state index contributed by atoms with van der Waals surface area (Å²) >= 11 is 6.16. The zero-order chi connectivity index (χ0) is 22.0. The van der Waals surface area contributed by atoms with Gasteiger partial charge in [-0.25, -0.2) is 9.78 Å². The highest BCUT2D eigenvalue weighted by Gasteiger charge is 2.11. The van der Waals surface area contributed by atoms with Gasteiger partial charge in [0.15, 0.2) is 6.61 Å². The van der Waals surface area contributed by atoms with Crippen molar-refractivity contribution in [2.24, 2.45) is 0 Å². The van der Waals surface area contributed by atoms with E-state index in [1.165, 1.54) is 0 Å². The van der Waals surface area contributed by atoms with Crippen molar-refractivity contribution in [1.29, 1.82) is 0 Å². The second-order valence-electron chi connectivity index (χ2n) is 7.11. The molecule has 0 aliphatic heterocycles. The van der Waals surface area contributed by atoms with Crippen LogP contribution in [0.15, 0.2) is 69.9 Å². The number of carbonyl (C=O) groups is 1. The molecule has 0 fully saturated rings. The van der Waals surface area contributed by atoms with E-state index in [9.17, 15) is 9.59 Å². The molecular weight excluding hydrogens is 416 g/mol. The van der Waals surface area contributed by atoms with Gasteiger partial charge in [0.05, 0.1) is 10.9 Å². The van der Waals surface area contributed by atoms with Crippen LogP contribution in [0.4, 0.5) is 5.69 Å². The maximum absolute atomic E-state index is 12.3. The van der Waals surface area contributed by atoms with Gasteiger partial charge in [0, 0.05) is 16.3 Å². The van der Waals surface area contributed by atoms with Gasteiger partial charge in [-0.1, -0.05) is 29.8 Å². The summed E-state index contributed by atoms with van der Waals surface area (Å²) in [6.07, 6.45) is 0. The normalized spacial score (nSPS) is 10.8. The zero-order valence-electron chi connectivity index (χ0n) is 16.9. The maximum Gasteiger partial charge on any atom is 0.347 e. The van der Waals surface area contributed by atoms with Gasteiger partial charge >= 0.3 is 5.63 Å². The fourth-order valence-corrected chi connectivity index (χ4v) is 3.32. The topological polar surface area (TPSA) is 81.4 Å². The first-order chi connectivity index (χ1) is 14.9. The highest BCUT2D eigenvalue weighted by atomic mass is 35.5. The van der Waals surface area contributed by atoms with E-state index in [0.717, 1.165) is 11.1 Å². The van der Waals surface area contributed by atoms with E-state index in [2.05, 4.69) is 10.3 Å². The van der Waals surface area contributed by atoms with Gasteiger partial charge in [0.25, 0.3) is 5.91 Å². The van der Waals surface area contributed by atoms with Crippen molar-refractivity contribution in [3.63, 3.8) is 0 Å². The summed E-state index contributed by atoms with van der Waals surface area (Å²) in [6.45, 7) is 3.61. The molecule has 0 radical (unpaired) electrons. The van der Waals surface area contributed by atoms with Crippen LogP contribution in [0.5, 0.6) is 5.75 Å². The predicted octanol–water partition coefficient (Wildman–Crippen LogP) is 5.14. The van der Waals surface area contributed by atoms with Crippen LogP contribution >= 0.6 is 11.6 Å². The predicted molar refractivity (Wildman–Crippen MR) is 121 cm³/mol. The van der Waals surface area contributed by atoms with Gasteiger partial charge in [-0.15, -0.1) is 0 Å². The summed E-state index contributed by atoms with van der Waals surface area (Å²) in [4.78, 5) is 29.0. The van der Waals surface area contributed by atoms with Crippen LogP contribution in [-0.2, 0) is 4.79 Å². The lowest BCUT2D eigenvalue weighted by molar-refractivity contribution is -0.118. The largest absolute Gasteiger partial charge is 0.484 e. The Labute approximate surface area is 183 Å². The van der Waals surface area contributed by atoms with E-state index in [-0.39, 0.29) is 18.4 Å². The number of amides is 1. The number of benzene rings is 3. The van der Waals surface area contributed by atoms with Gasteiger partial charge in [-0.2, -0.15) is 0 Å². The Hall–Kier alpha value is -3.64. The molecule has 0 saturated heterocycles. The molecule has 0 atom stereocenters. The van der Waals surface area contributed by atoms with Crippen LogP contribution in [0.1, 0.15) is 11.1 Å². The first-order valence-electron chi connectivity index (χ1n) is 9.60. The highest BCUT2D eigenvalue weighted by molar-refractivity contribution is 6.32. The second-order valence-corrected chi connectivity index (χ2v) is 7.49. The summed E-state index contributed by atoms with van der Waals surface area (Å²) in [5.41, 5.74) is 2.96. The molecule has 156 valence electrons. The van der Waals surface area contributed by atoms with Crippen molar-refractivity contribution in [2.45, 2.75) is 13.8 Å². The summed E-state index contributed by atoms with van der Waals surface area (Å²) in [5, 5.41) is 3.88. The van der Waals surface area contributed by atoms with E-state index in [1.54, 1.807) is 60.7 Å². The molecule has 3 aromatic carbocycles. The van der Waals surface area contributed by atoms with Crippen molar-refractivity contribution in [2.75, 3.05) is 11.9 Å². The van der Waals surface area contributed by atoms with Crippen LogP contribution in [-0.4, -0.2) is 17.5 Å². The molecular formula is C24H19ClN2O4. The summed E-state index contributed by atoms with van der Waals surface area (Å²) < 4.78 is 11.0. The molecule has 0 aliphatic carbocycles. The number of hydrogen-bond acceptors (Lipinski definition) is 5. The minimum Gasteiger partial charge on any atom is -0.484 e. The third-order valence-corrected chi connectivity index (χ3v) is 5.30. The summed E-state index contributed by atoms with van der Waals surface area (Å²) in [6, 6.07) is 17.5. The molecule has 0 aliphatic rings. The molecule has 4 aromatic rings. The number of fused-ring (bicyclic) bond motifs is 1. The molecule has 6 nitrogen and oxygen atoms in total. The Kier molecular flexibility index (Phi) is 5.73. The SMILES string of the molecule is Cc1cc(OCC(=O)Nc2cccc(-c3nc4ccccc4c(=O)o3)c2)cc(C)c1Cl. The third kappa shape index (κ3) is 4.59. The van der Waals surface area contributed by atoms with Gasteiger partial charge in [-0.05, 0) is 67.4 Å². The second kappa shape index (κ2) is 8.62. The fourth-order valence-electron chi connectivity index (χ4n) is 3.21. The van der Waals surface area contributed by atoms with E-state index in [0.29, 0.717) is 32.9 Å². The minimum atomic E-state index is -0.461. The summed E-state index contributed by atoms with van der Waals surface area (Å²) in [7, 11) is 0. The lowest BCUT2D eigenvalue weighted by atomic mass is 10.1. The average molecular weight is 435 g/mol. The molecule has 4 rings (SSSR count). The first-order valence-corrected chi connectivity index (χ1v) is 9.98. The number of anilines is 1. The monoisotopic (exact) mass is 434 g/mol. The van der Waals surface area contributed by atoms with Gasteiger partial charge < -0.3 is 14.5 Å². The minimum absolute atomic E-state index is 0.159. The maximum atomic E-state index is 12.3. The number of nitrogens with one attached hydrogen (secondary N) is 1. The van der Waals surface area contributed by atoms with Crippen LogP contribution in [0.2, 0.25) is 5.02 Å². The van der Waals surface area contributed by atoms with Gasteiger partial charge in [0.1, 0.15) is 5.75 Å². The third-order valence-electron chi connectivity index (χ3n) is 4.71. The molecule has 0 saturated carbocycles. The highest BCUT2D eigenvalue weighted by Crippen LogP contribution is 2.26. The van der Waals surface area contributed by atoms with E-state index >= 15 is 0 Å². The van der Waals surface area contributed by atoms with Crippen molar-refractivity contribution in [3.05, 3.63) is 87.2 Å². The lowest BCUT2D eigenvalue weighted by Gasteiger charge is -2.11. The Balaban J connectivity index is 1.49. The molecule has 31 heavy (non-hydrogen) atoms. The van der Waals surface area contributed by atoms with Crippen LogP contribution in [0.25, 0.3) is 22.4 Å². The van der Waals surface area contributed by atoms with Crippen LogP contribution in [0, 0.1) is 13.8 Å². The van der Waals surface area contributed by atoms with E-state index < -0.39 is 5.63 Å². The number of nitrogens with zero attached hydrogens (tertiary/aromatic N) is 1. The van der Waals surface area contributed by atoms with Crippen LogP contribution < -0.4 is 15.7 Å².